The van der Waals surface area contributed by atoms with E-state index in [0.29, 0.717) is 54.9 Å². The number of thioether (sulfide) groups is 1. The number of aromatic nitrogens is 5. The molecule has 0 aromatic carbocycles. The molecule has 13 heteroatoms. The first-order valence-corrected chi connectivity index (χ1v) is 11.6. The lowest BCUT2D eigenvalue weighted by Crippen LogP contribution is -2.33. The number of aryl methyl sites for hydroxylation is 1. The minimum atomic E-state index is -0.461. The van der Waals surface area contributed by atoms with Gasteiger partial charge in [0, 0.05) is 37.7 Å². The van der Waals surface area contributed by atoms with E-state index in [0.717, 1.165) is 16.5 Å². The Morgan fingerprint density at radius 1 is 1.29 bits per heavy atom. The number of fused-ring (bicyclic) bond motifs is 2. The predicted octanol–water partition coefficient (Wildman–Crippen LogP) is 1.14. The molecule has 0 aliphatic carbocycles. The van der Waals surface area contributed by atoms with Gasteiger partial charge >= 0.3 is 6.09 Å². The molecule has 2 aliphatic heterocycles. The first-order chi connectivity index (χ1) is 16.5. The molecule has 0 bridgehead atoms. The maximum atomic E-state index is 12.4. The van der Waals surface area contributed by atoms with Crippen LogP contribution in [0.3, 0.4) is 0 Å². The van der Waals surface area contributed by atoms with Crippen molar-refractivity contribution in [1.29, 1.82) is 0 Å². The van der Waals surface area contributed by atoms with Gasteiger partial charge in [-0.15, -0.1) is 0 Å². The molecule has 12 nitrogen and oxygen atoms in total. The summed E-state index contributed by atoms with van der Waals surface area (Å²) in [4.78, 5) is 43.1. The van der Waals surface area contributed by atoms with E-state index in [1.54, 1.807) is 31.1 Å². The van der Waals surface area contributed by atoms with E-state index >= 15 is 0 Å². The van der Waals surface area contributed by atoms with Crippen LogP contribution in [0.5, 0.6) is 5.88 Å². The summed E-state index contributed by atoms with van der Waals surface area (Å²) >= 11 is 1.55. The average Bonchev–Trinajstić information content (AvgIpc) is 3.21. The van der Waals surface area contributed by atoms with Crippen LogP contribution in [0.2, 0.25) is 0 Å². The lowest BCUT2D eigenvalue weighted by atomic mass is 10.3. The van der Waals surface area contributed by atoms with Gasteiger partial charge in [0.05, 0.1) is 18.9 Å². The third-order valence-electron chi connectivity index (χ3n) is 5.25. The zero-order chi connectivity index (χ0) is 23.7. The second kappa shape index (κ2) is 9.27. The molecule has 176 valence electrons. The monoisotopic (exact) mass is 482 g/mol. The molecule has 5 heterocycles. The van der Waals surface area contributed by atoms with E-state index in [4.69, 9.17) is 9.47 Å². The summed E-state index contributed by atoms with van der Waals surface area (Å²) in [6, 6.07) is 3.08. The van der Waals surface area contributed by atoms with E-state index < -0.39 is 6.09 Å². The minimum Gasteiger partial charge on any atom is -0.475 e. The van der Waals surface area contributed by atoms with Crippen molar-refractivity contribution in [1.82, 2.24) is 29.8 Å². The van der Waals surface area contributed by atoms with Gasteiger partial charge in [0.2, 0.25) is 5.88 Å². The summed E-state index contributed by atoms with van der Waals surface area (Å²) in [6.07, 6.45) is 2.30. The average molecular weight is 483 g/mol. The smallest absolute Gasteiger partial charge is 0.416 e. The number of carbonyl (C=O) groups is 1. The van der Waals surface area contributed by atoms with Crippen LogP contribution in [0.1, 0.15) is 0 Å². The third kappa shape index (κ3) is 4.52. The Bertz CT molecular complexity index is 1330. The van der Waals surface area contributed by atoms with E-state index in [1.165, 1.54) is 21.7 Å². The van der Waals surface area contributed by atoms with Crippen molar-refractivity contribution in [3.8, 4) is 5.88 Å². The number of nitrogens with zero attached hydrogens (tertiary/aromatic N) is 6. The second-order valence-electron chi connectivity index (χ2n) is 7.72. The Morgan fingerprint density at radius 2 is 2.18 bits per heavy atom. The molecule has 3 aromatic heterocycles. The number of rotatable bonds is 7. The molecule has 1 amide bonds. The third-order valence-corrected chi connectivity index (χ3v) is 6.31. The van der Waals surface area contributed by atoms with Crippen LogP contribution in [0.25, 0.3) is 11.2 Å². The Hall–Kier alpha value is -3.71. The van der Waals surface area contributed by atoms with Crippen LogP contribution in [-0.4, -0.2) is 68.7 Å². The van der Waals surface area contributed by atoms with Gasteiger partial charge in [0.1, 0.15) is 23.3 Å². The molecule has 0 spiro atoms. The molecular weight excluding hydrogens is 460 g/mol. The summed E-state index contributed by atoms with van der Waals surface area (Å²) in [5, 5.41) is 7.09. The number of anilines is 2. The number of pyridine rings is 1. The molecule has 1 fully saturated rings. The van der Waals surface area contributed by atoms with Gasteiger partial charge in [-0.3, -0.25) is 14.3 Å². The highest BCUT2D eigenvalue weighted by Gasteiger charge is 2.33. The number of carbonyl (C=O) groups excluding carboxylic acids is 1. The maximum absolute atomic E-state index is 12.4. The summed E-state index contributed by atoms with van der Waals surface area (Å²) in [5.74, 6) is 2.09. The van der Waals surface area contributed by atoms with Crippen molar-refractivity contribution in [2.75, 3.05) is 42.2 Å². The highest BCUT2D eigenvalue weighted by molar-refractivity contribution is 7.99. The molecule has 5 rings (SSSR count). The molecule has 0 radical (unpaired) electrons. The Balaban J connectivity index is 1.11. The van der Waals surface area contributed by atoms with Gasteiger partial charge < -0.3 is 20.1 Å². The summed E-state index contributed by atoms with van der Waals surface area (Å²) < 4.78 is 12.5. The van der Waals surface area contributed by atoms with Crippen molar-refractivity contribution in [2.24, 2.45) is 7.05 Å². The van der Waals surface area contributed by atoms with Gasteiger partial charge in [-0.1, -0.05) is 18.3 Å². The van der Waals surface area contributed by atoms with Gasteiger partial charge in [0.25, 0.3) is 5.56 Å². The molecular formula is C21H22N8O4S. The number of hydrogen-bond donors (Lipinski definition) is 2. The molecule has 0 unspecified atom stereocenters. The Morgan fingerprint density at radius 3 is 3.06 bits per heavy atom. The quantitative estimate of drug-likeness (QED) is 0.469. The van der Waals surface area contributed by atoms with Gasteiger partial charge in [-0.25, -0.2) is 19.7 Å². The molecule has 3 aromatic rings. The lowest BCUT2D eigenvalue weighted by molar-refractivity contribution is 0.139. The Kier molecular flexibility index (Phi) is 6.02. The molecule has 0 saturated carbocycles. The first-order valence-electron chi connectivity index (χ1n) is 10.6. The SMILES string of the molecule is C=C1CSc2ncc(N3C[C@H](CNCCOc4cnc5ccc(=O)n(C)c5n4)OC3=O)nc2N1. The summed E-state index contributed by atoms with van der Waals surface area (Å²) in [5.41, 5.74) is 1.75. The highest BCUT2D eigenvalue weighted by atomic mass is 32.2. The fourth-order valence-corrected chi connectivity index (χ4v) is 4.27. The van der Waals surface area contributed by atoms with Crippen molar-refractivity contribution < 1.29 is 14.3 Å². The number of amides is 1. The van der Waals surface area contributed by atoms with Crippen molar-refractivity contribution in [3.63, 3.8) is 0 Å². The number of cyclic esters (lactones) is 1. The fourth-order valence-electron chi connectivity index (χ4n) is 3.52. The van der Waals surface area contributed by atoms with Gasteiger partial charge in [-0.05, 0) is 6.07 Å². The topological polar surface area (TPSA) is 136 Å². The molecule has 34 heavy (non-hydrogen) atoms. The van der Waals surface area contributed by atoms with E-state index in [9.17, 15) is 9.59 Å². The van der Waals surface area contributed by atoms with E-state index in [1.807, 2.05) is 0 Å². The second-order valence-corrected chi connectivity index (χ2v) is 8.68. The fraction of sp³-hybridized carbons (Fsp3) is 0.333. The van der Waals surface area contributed by atoms with E-state index in [-0.39, 0.29) is 11.7 Å². The van der Waals surface area contributed by atoms with Crippen LogP contribution in [0.15, 0.2) is 46.6 Å². The van der Waals surface area contributed by atoms with Crippen molar-refractivity contribution in [3.05, 3.63) is 47.2 Å². The molecule has 1 saturated heterocycles. The number of hydrogen-bond acceptors (Lipinski definition) is 11. The normalized spacial score (nSPS) is 17.4. The molecule has 2 aliphatic rings. The van der Waals surface area contributed by atoms with Crippen LogP contribution in [-0.2, 0) is 11.8 Å². The molecule has 2 N–H and O–H groups in total. The standard InChI is InChI=1S/C21H22N8O4S/c1-12-11-34-20-18(25-12)26-15(8-24-20)29-10-13(33-21(29)31)7-22-5-6-32-16-9-23-14-3-4-17(30)28(2)19(14)27-16/h3-4,8-9,13,22H,1,5-7,10-11H2,2H3,(H,25,26)/t13-/m0/s1. The summed E-state index contributed by atoms with van der Waals surface area (Å²) in [6.45, 7) is 5.55. The largest absolute Gasteiger partial charge is 0.475 e. The van der Waals surface area contributed by atoms with Crippen LogP contribution in [0.4, 0.5) is 16.4 Å². The highest BCUT2D eigenvalue weighted by Crippen LogP contribution is 2.32. The molecule has 1 atom stereocenters. The van der Waals surface area contributed by atoms with Crippen LogP contribution >= 0.6 is 11.8 Å². The van der Waals surface area contributed by atoms with Gasteiger partial charge in [-0.2, -0.15) is 4.98 Å². The predicted molar refractivity (Wildman–Crippen MR) is 126 cm³/mol. The lowest BCUT2D eigenvalue weighted by Gasteiger charge is -2.19. The van der Waals surface area contributed by atoms with Gasteiger partial charge in [0.15, 0.2) is 17.3 Å². The zero-order valence-corrected chi connectivity index (χ0v) is 19.2. The number of nitrogens with one attached hydrogen (secondary N) is 2. The van der Waals surface area contributed by atoms with Crippen LogP contribution in [0, 0.1) is 0 Å². The Labute approximate surface area is 198 Å². The van der Waals surface area contributed by atoms with Crippen molar-refractivity contribution >= 4 is 40.7 Å². The van der Waals surface area contributed by atoms with Crippen LogP contribution < -0.4 is 25.8 Å². The van der Waals surface area contributed by atoms with Crippen molar-refractivity contribution in [2.45, 2.75) is 11.1 Å². The van der Waals surface area contributed by atoms with E-state index in [2.05, 4.69) is 37.1 Å². The number of ether oxygens (including phenoxy) is 2. The minimum absolute atomic E-state index is 0.164. The zero-order valence-electron chi connectivity index (χ0n) is 18.4. The maximum Gasteiger partial charge on any atom is 0.416 e. The summed E-state index contributed by atoms with van der Waals surface area (Å²) in [7, 11) is 1.64. The first kappa shape index (κ1) is 22.1.